The van der Waals surface area contributed by atoms with Crippen LogP contribution in [0.5, 0.6) is 5.75 Å². The van der Waals surface area contributed by atoms with Gasteiger partial charge < -0.3 is 9.64 Å². The maximum absolute atomic E-state index is 12.5. The molecule has 0 bridgehead atoms. The molecular weight excluding hydrogens is 328 g/mol. The molecule has 1 aliphatic rings. The second-order valence-electron chi connectivity index (χ2n) is 6.12. The fraction of sp³-hybridized carbons (Fsp3) is 0.412. The van der Waals surface area contributed by atoms with Crippen LogP contribution in [-0.2, 0) is 21.2 Å². The van der Waals surface area contributed by atoms with Gasteiger partial charge in [0, 0.05) is 25.2 Å². The predicted molar refractivity (Wildman–Crippen MR) is 91.5 cm³/mol. The molecule has 0 spiro atoms. The van der Waals surface area contributed by atoms with Gasteiger partial charge in [0.1, 0.15) is 11.3 Å². The largest absolute Gasteiger partial charge is 0.494 e. The van der Waals surface area contributed by atoms with Crippen molar-refractivity contribution in [3.05, 3.63) is 36.0 Å². The van der Waals surface area contributed by atoms with Crippen LogP contribution in [0, 0.1) is 5.92 Å². The van der Waals surface area contributed by atoms with Gasteiger partial charge in [0.05, 0.1) is 24.5 Å². The van der Waals surface area contributed by atoms with E-state index in [1.165, 1.54) is 0 Å². The monoisotopic (exact) mass is 348 g/mol. The van der Waals surface area contributed by atoms with Gasteiger partial charge >= 0.3 is 0 Å². The zero-order chi connectivity index (χ0) is 17.3. The third-order valence-corrected chi connectivity index (χ3v) is 6.18. The highest BCUT2D eigenvalue weighted by atomic mass is 32.2. The van der Waals surface area contributed by atoms with Crippen molar-refractivity contribution in [2.75, 3.05) is 25.7 Å². The second-order valence-corrected chi connectivity index (χ2v) is 8.35. The van der Waals surface area contributed by atoms with E-state index in [-0.39, 0.29) is 17.4 Å². The summed E-state index contributed by atoms with van der Waals surface area (Å²) in [5, 5.41) is 0.926. The summed E-state index contributed by atoms with van der Waals surface area (Å²) < 4.78 is 28.5. The second kappa shape index (κ2) is 6.39. The van der Waals surface area contributed by atoms with Crippen molar-refractivity contribution in [3.8, 4) is 5.75 Å². The molecule has 128 valence electrons. The van der Waals surface area contributed by atoms with Crippen LogP contribution in [0.1, 0.15) is 12.0 Å². The van der Waals surface area contributed by atoms with E-state index >= 15 is 0 Å². The summed E-state index contributed by atoms with van der Waals surface area (Å²) >= 11 is 0. The molecule has 1 aromatic carbocycles. The Labute approximate surface area is 141 Å². The molecule has 1 fully saturated rings. The number of pyridine rings is 1. The molecule has 2 heterocycles. The first-order valence-corrected chi connectivity index (χ1v) is 9.59. The van der Waals surface area contributed by atoms with Crippen molar-refractivity contribution >= 4 is 26.6 Å². The Morgan fingerprint density at radius 3 is 2.83 bits per heavy atom. The molecule has 0 saturated carbocycles. The van der Waals surface area contributed by atoms with Crippen LogP contribution in [0.3, 0.4) is 0 Å². The molecule has 1 saturated heterocycles. The van der Waals surface area contributed by atoms with E-state index in [2.05, 4.69) is 4.98 Å². The number of sulfone groups is 1. The molecule has 0 N–H and O–H groups in total. The van der Waals surface area contributed by atoms with Crippen molar-refractivity contribution in [2.45, 2.75) is 13.0 Å². The summed E-state index contributed by atoms with van der Waals surface area (Å²) in [6, 6.07) is 7.54. The van der Waals surface area contributed by atoms with Crippen LogP contribution in [0.25, 0.3) is 10.9 Å². The minimum absolute atomic E-state index is 0.0406. The van der Waals surface area contributed by atoms with Gasteiger partial charge in [-0.25, -0.2) is 8.42 Å². The number of benzene rings is 1. The van der Waals surface area contributed by atoms with Gasteiger partial charge in [0.2, 0.25) is 5.91 Å². The molecule has 0 unspecified atom stereocenters. The van der Waals surface area contributed by atoms with E-state index in [1.54, 1.807) is 25.3 Å². The summed E-state index contributed by atoms with van der Waals surface area (Å²) in [4.78, 5) is 18.5. The smallest absolute Gasteiger partial charge is 0.226 e. The van der Waals surface area contributed by atoms with Crippen LogP contribution in [0.15, 0.2) is 30.5 Å². The zero-order valence-corrected chi connectivity index (χ0v) is 14.5. The highest BCUT2D eigenvalue weighted by molar-refractivity contribution is 7.91. The third-order valence-electron chi connectivity index (χ3n) is 4.41. The molecule has 1 aromatic heterocycles. The van der Waals surface area contributed by atoms with Crippen LogP contribution in [-0.4, -0.2) is 49.9 Å². The first-order valence-electron chi connectivity index (χ1n) is 7.77. The summed E-state index contributed by atoms with van der Waals surface area (Å²) in [5.41, 5.74) is 1.71. The summed E-state index contributed by atoms with van der Waals surface area (Å²) in [5.74, 6) is 0.199. The number of ether oxygens (including phenoxy) is 1. The Hall–Kier alpha value is -2.15. The number of methoxy groups -OCH3 is 1. The fourth-order valence-electron chi connectivity index (χ4n) is 3.14. The normalized spacial score (nSPS) is 19.3. The van der Waals surface area contributed by atoms with Gasteiger partial charge in [-0.1, -0.05) is 12.1 Å². The molecule has 1 atom stereocenters. The van der Waals surface area contributed by atoms with Crippen LogP contribution < -0.4 is 4.74 Å². The molecule has 3 rings (SSSR count). The molecule has 24 heavy (non-hydrogen) atoms. The number of hydrogen-bond donors (Lipinski definition) is 0. The van der Waals surface area contributed by atoms with E-state index in [4.69, 9.17) is 4.74 Å². The molecule has 1 aliphatic heterocycles. The number of fused-ring (bicyclic) bond motifs is 1. The molecule has 1 amide bonds. The number of carbonyl (C=O) groups excluding carboxylic acids is 1. The summed E-state index contributed by atoms with van der Waals surface area (Å²) in [7, 11) is 0.240. The van der Waals surface area contributed by atoms with E-state index in [9.17, 15) is 13.2 Å². The zero-order valence-electron chi connectivity index (χ0n) is 13.7. The lowest BCUT2D eigenvalue weighted by molar-refractivity contribution is -0.133. The number of carbonyl (C=O) groups is 1. The Morgan fingerprint density at radius 1 is 1.38 bits per heavy atom. The Balaban J connectivity index is 1.83. The van der Waals surface area contributed by atoms with E-state index in [0.29, 0.717) is 18.7 Å². The molecular formula is C17H20N2O4S. The van der Waals surface area contributed by atoms with E-state index in [1.807, 2.05) is 24.3 Å². The third kappa shape index (κ3) is 3.21. The number of hydrogen-bond acceptors (Lipinski definition) is 5. The van der Waals surface area contributed by atoms with Gasteiger partial charge in [0.25, 0.3) is 0 Å². The van der Waals surface area contributed by atoms with Crippen molar-refractivity contribution in [1.82, 2.24) is 9.88 Å². The van der Waals surface area contributed by atoms with Crippen molar-refractivity contribution < 1.29 is 17.9 Å². The van der Waals surface area contributed by atoms with Crippen LogP contribution >= 0.6 is 0 Å². The van der Waals surface area contributed by atoms with Gasteiger partial charge in [-0.15, -0.1) is 0 Å². The summed E-state index contributed by atoms with van der Waals surface area (Å²) in [6.45, 7) is 0.404. The van der Waals surface area contributed by atoms with E-state index < -0.39 is 15.8 Å². The van der Waals surface area contributed by atoms with Crippen molar-refractivity contribution in [3.63, 3.8) is 0 Å². The Bertz CT molecular complexity index is 879. The average molecular weight is 348 g/mol. The lowest BCUT2D eigenvalue weighted by Crippen LogP contribution is -2.33. The van der Waals surface area contributed by atoms with Gasteiger partial charge in [0.15, 0.2) is 9.84 Å². The molecule has 0 aliphatic carbocycles. The SMILES string of the molecule is COc1ccc(CN(C)C(=O)[C@H]2CCS(=O)(=O)C2)c2cccnc12. The quantitative estimate of drug-likeness (QED) is 0.839. The van der Waals surface area contributed by atoms with Crippen LogP contribution in [0.2, 0.25) is 0 Å². The minimum Gasteiger partial charge on any atom is -0.494 e. The first kappa shape index (κ1) is 16.7. The molecule has 0 radical (unpaired) electrons. The maximum atomic E-state index is 12.5. The molecule has 7 heteroatoms. The van der Waals surface area contributed by atoms with Gasteiger partial charge in [-0.3, -0.25) is 9.78 Å². The van der Waals surface area contributed by atoms with Crippen molar-refractivity contribution in [2.24, 2.45) is 5.92 Å². The lowest BCUT2D eigenvalue weighted by atomic mass is 10.1. The first-order chi connectivity index (χ1) is 11.4. The average Bonchev–Trinajstić information content (AvgIpc) is 2.94. The highest BCUT2D eigenvalue weighted by Gasteiger charge is 2.34. The topological polar surface area (TPSA) is 76.6 Å². The standard InChI is InChI=1S/C17H20N2O4S/c1-19(17(20)13-7-9-24(21,22)11-13)10-12-5-6-15(23-2)16-14(12)4-3-8-18-16/h3-6,8,13H,7,9-11H2,1-2H3/t13-/m0/s1. The Kier molecular flexibility index (Phi) is 4.45. The molecule has 6 nitrogen and oxygen atoms in total. The predicted octanol–water partition coefficient (Wildman–Crippen LogP) is 1.64. The van der Waals surface area contributed by atoms with Crippen molar-refractivity contribution in [1.29, 1.82) is 0 Å². The van der Waals surface area contributed by atoms with Gasteiger partial charge in [-0.2, -0.15) is 0 Å². The van der Waals surface area contributed by atoms with E-state index in [0.717, 1.165) is 16.5 Å². The van der Waals surface area contributed by atoms with Gasteiger partial charge in [-0.05, 0) is 24.1 Å². The van der Waals surface area contributed by atoms with Crippen LogP contribution in [0.4, 0.5) is 0 Å². The maximum Gasteiger partial charge on any atom is 0.226 e. The molecule has 2 aromatic rings. The highest BCUT2D eigenvalue weighted by Crippen LogP contribution is 2.28. The number of aromatic nitrogens is 1. The fourth-order valence-corrected chi connectivity index (χ4v) is 4.88. The number of nitrogens with zero attached hydrogens (tertiary/aromatic N) is 2. The minimum atomic E-state index is -3.06. The number of rotatable bonds is 4. The lowest BCUT2D eigenvalue weighted by Gasteiger charge is -2.21. The number of amides is 1. The Morgan fingerprint density at radius 2 is 2.17 bits per heavy atom. The summed E-state index contributed by atoms with van der Waals surface area (Å²) in [6.07, 6.45) is 2.11.